The zero-order valence-electron chi connectivity index (χ0n) is 25.2. The van der Waals surface area contributed by atoms with Crippen LogP contribution in [0, 0.1) is 18.6 Å². The molecule has 2 aromatic carbocycles. The first-order chi connectivity index (χ1) is 21.6. The Labute approximate surface area is 263 Å². The van der Waals surface area contributed by atoms with Crippen LogP contribution in [0.1, 0.15) is 42.0 Å². The van der Waals surface area contributed by atoms with Gasteiger partial charge in [0.05, 0.1) is 23.3 Å². The van der Waals surface area contributed by atoms with E-state index in [1.54, 1.807) is 13.8 Å². The van der Waals surface area contributed by atoms with E-state index in [1.807, 2.05) is 0 Å². The molecule has 3 aromatic rings. The number of nitrogens with two attached hydrogens (primary N) is 1. The summed E-state index contributed by atoms with van der Waals surface area (Å²) in [5.41, 5.74) is 6.45. The fraction of sp³-hybridized carbons (Fsp3) is 0.433. The number of nitrogens with zero attached hydrogens (tertiary/aromatic N) is 2. The van der Waals surface area contributed by atoms with E-state index in [-0.39, 0.29) is 36.4 Å². The monoisotopic (exact) mass is 673 g/mol. The molecule has 0 aliphatic carbocycles. The molecule has 0 unspecified atom stereocenters. The van der Waals surface area contributed by atoms with Crippen molar-refractivity contribution >= 4 is 21.8 Å². The van der Waals surface area contributed by atoms with Gasteiger partial charge in [-0.1, -0.05) is 31.5 Å². The summed E-state index contributed by atoms with van der Waals surface area (Å²) in [6, 6.07) is 3.54. The van der Waals surface area contributed by atoms with Crippen LogP contribution in [0.15, 0.2) is 54.9 Å². The van der Waals surface area contributed by atoms with Crippen molar-refractivity contribution < 1.29 is 44.7 Å². The van der Waals surface area contributed by atoms with E-state index in [2.05, 4.69) is 15.7 Å². The van der Waals surface area contributed by atoms with Crippen LogP contribution in [0.25, 0.3) is 0 Å². The molecule has 0 aliphatic heterocycles. The first-order valence-corrected chi connectivity index (χ1v) is 16.2. The summed E-state index contributed by atoms with van der Waals surface area (Å²) in [5, 5.41) is 9.05. The first kappa shape index (κ1) is 36.6. The van der Waals surface area contributed by atoms with Gasteiger partial charge in [-0.25, -0.2) is 26.8 Å². The highest BCUT2D eigenvalue weighted by molar-refractivity contribution is 7.91. The van der Waals surface area contributed by atoms with Crippen molar-refractivity contribution in [2.45, 2.75) is 64.0 Å². The van der Waals surface area contributed by atoms with Crippen LogP contribution in [-0.4, -0.2) is 66.4 Å². The fourth-order valence-electron chi connectivity index (χ4n) is 4.47. The number of aromatic nitrogens is 2. The van der Waals surface area contributed by atoms with Gasteiger partial charge in [-0.05, 0) is 54.7 Å². The summed E-state index contributed by atoms with van der Waals surface area (Å²) in [6.07, 6.45) is -2.44. The summed E-state index contributed by atoms with van der Waals surface area (Å²) in [7, 11) is -3.86. The molecule has 16 heteroatoms. The minimum absolute atomic E-state index is 0.108. The molecule has 1 heterocycles. The number of unbranched alkanes of at least 4 members (excludes halogenated alkanes) is 1. The molecule has 1 aromatic heterocycles. The average Bonchev–Trinajstić information content (AvgIpc) is 3.40. The predicted octanol–water partition coefficient (Wildman–Crippen LogP) is 3.90. The molecule has 0 radical (unpaired) electrons. The Morgan fingerprint density at radius 3 is 2.39 bits per heavy atom. The topological polar surface area (TPSA) is 145 Å². The van der Waals surface area contributed by atoms with Crippen molar-refractivity contribution in [2.24, 2.45) is 5.73 Å². The minimum atomic E-state index is -4.57. The molecule has 46 heavy (non-hydrogen) atoms. The van der Waals surface area contributed by atoms with Crippen molar-refractivity contribution in [3.63, 3.8) is 0 Å². The smallest absolute Gasteiger partial charge is 0.416 e. The zero-order valence-corrected chi connectivity index (χ0v) is 26.0. The lowest BCUT2D eigenvalue weighted by Crippen LogP contribution is -2.52. The van der Waals surface area contributed by atoms with Crippen LogP contribution >= 0.6 is 0 Å². The van der Waals surface area contributed by atoms with Gasteiger partial charge < -0.3 is 21.1 Å². The highest BCUT2D eigenvalue weighted by Gasteiger charge is 2.33. The molecule has 0 spiro atoms. The normalized spacial score (nSPS) is 14.0. The third kappa shape index (κ3) is 11.5. The molecule has 10 nitrogen and oxygen atoms in total. The molecule has 1 amide bonds. The lowest BCUT2D eigenvalue weighted by Gasteiger charge is -2.27. The average molecular weight is 674 g/mol. The van der Waals surface area contributed by atoms with Gasteiger partial charge in [-0.3, -0.25) is 0 Å². The molecule has 0 saturated heterocycles. The van der Waals surface area contributed by atoms with E-state index < -0.39 is 69.2 Å². The number of rotatable bonds is 15. The number of nitrogens with one attached hydrogen (secondary N) is 2. The summed E-state index contributed by atoms with van der Waals surface area (Å²) >= 11 is 0. The first-order valence-electron chi connectivity index (χ1n) is 14.4. The molecule has 0 saturated carbocycles. The third-order valence-corrected chi connectivity index (χ3v) is 8.55. The Bertz CT molecular complexity index is 1580. The Morgan fingerprint density at radius 1 is 1.09 bits per heavy atom. The number of sulfone groups is 1. The Kier molecular flexibility index (Phi) is 12.8. The predicted molar refractivity (Wildman–Crippen MR) is 159 cm³/mol. The maximum atomic E-state index is 13.8. The molecule has 3 atom stereocenters. The second-order valence-corrected chi connectivity index (χ2v) is 13.1. The van der Waals surface area contributed by atoms with Gasteiger partial charge in [0.1, 0.15) is 23.8 Å². The number of benzene rings is 2. The van der Waals surface area contributed by atoms with Gasteiger partial charge in [-0.15, -0.1) is 0 Å². The second kappa shape index (κ2) is 16.1. The van der Waals surface area contributed by atoms with Crippen LogP contribution in [0.4, 0.5) is 26.7 Å². The number of amides is 1. The standard InChI is InChI=1S/C30H36F5N5O5S/c1-3-4-8-46(43,44)18-26(39-29(42)40-17-19(2)14-38-40)28(41)45-27(25(36)12-21-10-23(31)13-24(32)11-21)16-37-15-20-6-5-7-22(9-20)30(33,34)35/h5-7,9-11,13-14,17,25-27,37H,3-4,8,12,15-16,18,36H2,1-2H3,(H,39,42)/t25-,26+,27+/m0/s1. The molecular weight excluding hydrogens is 637 g/mol. The van der Waals surface area contributed by atoms with E-state index >= 15 is 0 Å². The number of hydrogen-bond donors (Lipinski definition) is 3. The minimum Gasteiger partial charge on any atom is -0.458 e. The van der Waals surface area contributed by atoms with Crippen LogP contribution in [-0.2, 0) is 38.5 Å². The van der Waals surface area contributed by atoms with Crippen molar-refractivity contribution in [2.75, 3.05) is 18.1 Å². The summed E-state index contributed by atoms with van der Waals surface area (Å²) in [4.78, 5) is 26.3. The van der Waals surface area contributed by atoms with Crippen molar-refractivity contribution in [3.8, 4) is 0 Å². The molecule has 0 fully saturated rings. The SMILES string of the molecule is CCCCS(=O)(=O)C[C@@H](NC(=O)n1cc(C)cn1)C(=O)O[C@H](CNCc1cccc(C(F)(F)F)c1)[C@@H](N)Cc1cc(F)cc(F)c1. The largest absolute Gasteiger partial charge is 0.458 e. The van der Waals surface area contributed by atoms with Crippen LogP contribution in [0.5, 0.6) is 0 Å². The van der Waals surface area contributed by atoms with Crippen LogP contribution in [0.2, 0.25) is 0 Å². The van der Waals surface area contributed by atoms with Crippen LogP contribution < -0.4 is 16.4 Å². The Balaban J connectivity index is 1.84. The number of ether oxygens (including phenoxy) is 1. The maximum Gasteiger partial charge on any atom is 0.416 e. The summed E-state index contributed by atoms with van der Waals surface area (Å²) in [5.74, 6) is -3.95. The van der Waals surface area contributed by atoms with Crippen molar-refractivity contribution in [1.82, 2.24) is 20.4 Å². The number of esters is 1. The molecule has 3 rings (SSSR count). The second-order valence-electron chi connectivity index (χ2n) is 10.9. The van der Waals surface area contributed by atoms with Gasteiger partial charge in [0, 0.05) is 31.4 Å². The van der Waals surface area contributed by atoms with E-state index in [0.29, 0.717) is 24.5 Å². The molecule has 252 valence electrons. The number of halogens is 5. The number of hydrogen-bond acceptors (Lipinski definition) is 8. The molecule has 4 N–H and O–H groups in total. The van der Waals surface area contributed by atoms with Crippen molar-refractivity contribution in [1.29, 1.82) is 0 Å². The Morgan fingerprint density at radius 2 is 1.78 bits per heavy atom. The number of carbonyl (C=O) groups excluding carboxylic acids is 2. The van der Waals surface area contributed by atoms with E-state index in [1.165, 1.54) is 24.5 Å². The third-order valence-electron chi connectivity index (χ3n) is 6.80. The summed E-state index contributed by atoms with van der Waals surface area (Å²) in [6.45, 7) is 3.10. The van der Waals surface area contributed by atoms with Gasteiger partial charge in [0.15, 0.2) is 9.84 Å². The molecular formula is C30H36F5N5O5S. The van der Waals surface area contributed by atoms with Crippen molar-refractivity contribution in [3.05, 3.63) is 88.7 Å². The lowest BCUT2D eigenvalue weighted by atomic mass is 10.0. The molecule has 0 aliphatic rings. The fourth-order valence-corrected chi connectivity index (χ4v) is 6.09. The van der Waals surface area contributed by atoms with E-state index in [9.17, 15) is 40.0 Å². The lowest BCUT2D eigenvalue weighted by molar-refractivity contribution is -0.151. The van der Waals surface area contributed by atoms with Gasteiger partial charge in [0.25, 0.3) is 0 Å². The highest BCUT2D eigenvalue weighted by Crippen LogP contribution is 2.29. The highest BCUT2D eigenvalue weighted by atomic mass is 32.2. The molecule has 0 bridgehead atoms. The number of aryl methyl sites for hydroxylation is 1. The zero-order chi connectivity index (χ0) is 34.1. The van der Waals surface area contributed by atoms with Gasteiger partial charge in [0.2, 0.25) is 0 Å². The van der Waals surface area contributed by atoms with E-state index in [0.717, 1.165) is 28.9 Å². The van der Waals surface area contributed by atoms with E-state index in [4.69, 9.17) is 10.5 Å². The Hall–Kier alpha value is -3.89. The van der Waals surface area contributed by atoms with Crippen LogP contribution in [0.3, 0.4) is 0 Å². The number of alkyl halides is 3. The quantitative estimate of drug-likeness (QED) is 0.163. The maximum absolute atomic E-state index is 13.8. The number of carbonyl (C=O) groups is 2. The summed E-state index contributed by atoms with van der Waals surface area (Å²) < 4.78 is 99.3. The van der Waals surface area contributed by atoms with Gasteiger partial charge in [-0.2, -0.15) is 23.0 Å². The van der Waals surface area contributed by atoms with Gasteiger partial charge >= 0.3 is 18.2 Å².